The molecule has 1 fully saturated rings. The first-order valence-electron chi connectivity index (χ1n) is 5.67. The van der Waals surface area contributed by atoms with E-state index in [0.717, 1.165) is 18.7 Å². The molecule has 1 aromatic rings. The predicted molar refractivity (Wildman–Crippen MR) is 62.2 cm³/mol. The van der Waals surface area contributed by atoms with Crippen LogP contribution >= 0.6 is 11.6 Å². The second-order valence-electron chi connectivity index (χ2n) is 4.20. The monoisotopic (exact) mass is 239 g/mol. The van der Waals surface area contributed by atoms with E-state index in [1.54, 1.807) is 0 Å². The van der Waals surface area contributed by atoms with Crippen LogP contribution in [0.2, 0.25) is 5.02 Å². The molecule has 1 saturated heterocycles. The van der Waals surface area contributed by atoms with Gasteiger partial charge in [-0.05, 0) is 25.5 Å². The molecule has 1 atom stereocenters. The lowest BCUT2D eigenvalue weighted by molar-refractivity contribution is 0.172. The highest BCUT2D eigenvalue weighted by Crippen LogP contribution is 2.44. The Kier molecular flexibility index (Phi) is 2.65. The number of rotatable bonds is 1. The molecule has 0 aromatic heterocycles. The molecule has 86 valence electrons. The summed E-state index contributed by atoms with van der Waals surface area (Å²) in [7, 11) is 0. The zero-order chi connectivity index (χ0) is 11.0. The van der Waals surface area contributed by atoms with Crippen molar-refractivity contribution in [1.29, 1.82) is 0 Å². The van der Waals surface area contributed by atoms with E-state index in [1.165, 1.54) is 18.4 Å². The van der Waals surface area contributed by atoms with Gasteiger partial charge in [0.25, 0.3) is 0 Å². The molecular formula is C12H14ClNO2. The highest BCUT2D eigenvalue weighted by atomic mass is 35.5. The molecule has 1 aromatic carbocycles. The lowest BCUT2D eigenvalue weighted by atomic mass is 9.96. The lowest BCUT2D eigenvalue weighted by Gasteiger charge is -2.24. The Balaban J connectivity index is 1.98. The minimum Gasteiger partial charge on any atom is -0.453 e. The van der Waals surface area contributed by atoms with E-state index in [1.807, 2.05) is 12.1 Å². The van der Waals surface area contributed by atoms with Crippen molar-refractivity contribution in [3.05, 3.63) is 22.7 Å². The van der Waals surface area contributed by atoms with Crippen LogP contribution in [0.4, 0.5) is 0 Å². The van der Waals surface area contributed by atoms with Crippen molar-refractivity contribution >= 4 is 11.6 Å². The zero-order valence-electron chi connectivity index (χ0n) is 8.96. The van der Waals surface area contributed by atoms with Crippen molar-refractivity contribution in [3.8, 4) is 11.5 Å². The van der Waals surface area contributed by atoms with Gasteiger partial charge in [-0.2, -0.15) is 0 Å². The second-order valence-corrected chi connectivity index (χ2v) is 4.61. The molecular weight excluding hydrogens is 226 g/mol. The smallest absolute Gasteiger partial charge is 0.231 e. The van der Waals surface area contributed by atoms with Gasteiger partial charge in [0, 0.05) is 11.6 Å². The summed E-state index contributed by atoms with van der Waals surface area (Å²) < 4.78 is 10.9. The van der Waals surface area contributed by atoms with Crippen molar-refractivity contribution in [3.63, 3.8) is 0 Å². The number of benzene rings is 1. The standard InChI is InChI=1S/C12H14ClNO2/c13-9-5-4-8(10-3-1-2-6-14-10)11-12(9)16-7-15-11/h4-5,10,14H,1-3,6-7H2. The summed E-state index contributed by atoms with van der Waals surface area (Å²) in [4.78, 5) is 0. The van der Waals surface area contributed by atoms with Crippen molar-refractivity contribution in [2.24, 2.45) is 0 Å². The van der Waals surface area contributed by atoms with Crippen LogP contribution in [0.5, 0.6) is 11.5 Å². The van der Waals surface area contributed by atoms with Gasteiger partial charge in [0.1, 0.15) is 0 Å². The first-order valence-corrected chi connectivity index (χ1v) is 6.05. The van der Waals surface area contributed by atoms with Crippen molar-refractivity contribution in [2.45, 2.75) is 25.3 Å². The average Bonchev–Trinajstić information content (AvgIpc) is 2.81. The van der Waals surface area contributed by atoms with Crippen LogP contribution in [0.3, 0.4) is 0 Å². The maximum Gasteiger partial charge on any atom is 0.231 e. The van der Waals surface area contributed by atoms with E-state index < -0.39 is 0 Å². The molecule has 2 heterocycles. The molecule has 0 aliphatic carbocycles. The summed E-state index contributed by atoms with van der Waals surface area (Å²) >= 11 is 6.06. The van der Waals surface area contributed by atoms with E-state index >= 15 is 0 Å². The Hall–Kier alpha value is -0.930. The minimum atomic E-state index is 0.277. The van der Waals surface area contributed by atoms with Gasteiger partial charge in [-0.25, -0.2) is 0 Å². The summed E-state index contributed by atoms with van der Waals surface area (Å²) in [5.74, 6) is 1.53. The quantitative estimate of drug-likeness (QED) is 0.818. The molecule has 0 amide bonds. The first-order chi connectivity index (χ1) is 7.86. The van der Waals surface area contributed by atoms with Gasteiger partial charge in [-0.1, -0.05) is 24.1 Å². The molecule has 0 saturated carbocycles. The molecule has 1 unspecified atom stereocenters. The van der Waals surface area contributed by atoms with Crippen LogP contribution in [-0.4, -0.2) is 13.3 Å². The fourth-order valence-corrected chi connectivity index (χ4v) is 2.58. The summed E-state index contributed by atoms with van der Waals surface area (Å²) in [5.41, 5.74) is 1.18. The number of fused-ring (bicyclic) bond motifs is 1. The molecule has 0 spiro atoms. The minimum absolute atomic E-state index is 0.277. The van der Waals surface area contributed by atoms with Crippen LogP contribution in [0.25, 0.3) is 0 Å². The Morgan fingerprint density at radius 2 is 2.06 bits per heavy atom. The molecule has 3 rings (SSSR count). The topological polar surface area (TPSA) is 30.5 Å². The van der Waals surface area contributed by atoms with E-state index in [0.29, 0.717) is 16.8 Å². The largest absolute Gasteiger partial charge is 0.453 e. The second kappa shape index (κ2) is 4.15. The number of piperidine rings is 1. The van der Waals surface area contributed by atoms with Gasteiger partial charge in [0.15, 0.2) is 11.5 Å². The normalized spacial score (nSPS) is 23.4. The molecule has 2 aliphatic heterocycles. The Bertz CT molecular complexity index is 402. The fourth-order valence-electron chi connectivity index (χ4n) is 2.38. The van der Waals surface area contributed by atoms with E-state index in [-0.39, 0.29) is 6.79 Å². The summed E-state index contributed by atoms with van der Waals surface area (Å²) in [6.45, 7) is 1.35. The molecule has 16 heavy (non-hydrogen) atoms. The molecule has 0 radical (unpaired) electrons. The van der Waals surface area contributed by atoms with Gasteiger partial charge < -0.3 is 14.8 Å². The molecule has 1 N–H and O–H groups in total. The highest BCUT2D eigenvalue weighted by Gasteiger charge is 2.26. The summed E-state index contributed by atoms with van der Waals surface area (Å²) in [6.07, 6.45) is 3.66. The van der Waals surface area contributed by atoms with Crippen molar-refractivity contribution in [2.75, 3.05) is 13.3 Å². The SMILES string of the molecule is Clc1ccc(C2CCCCN2)c2c1OCO2. The number of ether oxygens (including phenoxy) is 2. The molecule has 2 aliphatic rings. The fraction of sp³-hybridized carbons (Fsp3) is 0.500. The Labute approximate surface area is 99.7 Å². The summed E-state index contributed by atoms with van der Waals surface area (Å²) in [6, 6.07) is 4.31. The van der Waals surface area contributed by atoms with Gasteiger partial charge >= 0.3 is 0 Å². The third-order valence-corrected chi connectivity index (χ3v) is 3.48. The van der Waals surface area contributed by atoms with Crippen molar-refractivity contribution < 1.29 is 9.47 Å². The van der Waals surface area contributed by atoms with Crippen molar-refractivity contribution in [1.82, 2.24) is 5.32 Å². The third-order valence-electron chi connectivity index (χ3n) is 3.19. The van der Waals surface area contributed by atoms with Crippen LogP contribution in [-0.2, 0) is 0 Å². The maximum atomic E-state index is 6.06. The molecule has 4 heteroatoms. The Morgan fingerprint density at radius 1 is 1.19 bits per heavy atom. The van der Waals surface area contributed by atoms with Gasteiger partial charge in [-0.3, -0.25) is 0 Å². The van der Waals surface area contributed by atoms with Crippen LogP contribution in [0.15, 0.2) is 12.1 Å². The van der Waals surface area contributed by atoms with Crippen LogP contribution < -0.4 is 14.8 Å². The highest BCUT2D eigenvalue weighted by molar-refractivity contribution is 6.32. The third kappa shape index (κ3) is 1.64. The van der Waals surface area contributed by atoms with Gasteiger partial charge in [0.05, 0.1) is 5.02 Å². The molecule has 0 bridgehead atoms. The predicted octanol–water partition coefficient (Wildman–Crippen LogP) is 2.88. The van der Waals surface area contributed by atoms with Gasteiger partial charge in [-0.15, -0.1) is 0 Å². The first kappa shape index (κ1) is 10.2. The number of nitrogens with one attached hydrogen (secondary N) is 1. The van der Waals surface area contributed by atoms with E-state index in [9.17, 15) is 0 Å². The van der Waals surface area contributed by atoms with E-state index in [4.69, 9.17) is 21.1 Å². The van der Waals surface area contributed by atoms with Crippen LogP contribution in [0, 0.1) is 0 Å². The van der Waals surface area contributed by atoms with E-state index in [2.05, 4.69) is 5.32 Å². The summed E-state index contributed by atoms with van der Waals surface area (Å²) in [5, 5.41) is 4.14. The van der Waals surface area contributed by atoms with Crippen LogP contribution in [0.1, 0.15) is 30.9 Å². The van der Waals surface area contributed by atoms with Gasteiger partial charge in [0.2, 0.25) is 6.79 Å². The molecule has 3 nitrogen and oxygen atoms in total. The maximum absolute atomic E-state index is 6.06. The number of hydrogen-bond donors (Lipinski definition) is 1. The number of halogens is 1. The number of hydrogen-bond acceptors (Lipinski definition) is 3. The lowest BCUT2D eigenvalue weighted by Crippen LogP contribution is -2.26. The zero-order valence-corrected chi connectivity index (χ0v) is 9.72. The Morgan fingerprint density at radius 3 is 2.88 bits per heavy atom. The average molecular weight is 240 g/mol.